The van der Waals surface area contributed by atoms with Crippen molar-refractivity contribution in [2.45, 2.75) is 83.5 Å². The highest BCUT2D eigenvalue weighted by Crippen LogP contribution is 2.40. The molecule has 20 heteroatoms. The highest BCUT2D eigenvalue weighted by Gasteiger charge is 2.37. The van der Waals surface area contributed by atoms with E-state index in [0.717, 1.165) is 4.90 Å². The number of nitrogens with one attached hydrogen (secondary N) is 4. The van der Waals surface area contributed by atoms with Crippen LogP contribution in [0.25, 0.3) is 22.5 Å². The fraction of sp³-hybridized carbons (Fsp3) is 0.417. The van der Waals surface area contributed by atoms with E-state index in [1.807, 2.05) is 6.07 Å². The SMILES string of the molecule is CCCC(F)(F)c1ccc(-c2nc(C)c(C(=O)NC(CCN)C(=O)N(C)C3C(=O)NC(C)C(=O)NC(C(=O)NCC#N)Cc4ccc(OCCN)c(c4)-c4cc3ccc4OCCN)c(C)n2)cc1. The molecule has 18 nitrogen and oxygen atoms in total. The lowest BCUT2D eigenvalue weighted by Crippen LogP contribution is -2.56. The van der Waals surface area contributed by atoms with Gasteiger partial charge in [0.1, 0.15) is 55.4 Å². The van der Waals surface area contributed by atoms with E-state index in [1.54, 1.807) is 57.2 Å². The van der Waals surface area contributed by atoms with E-state index in [-0.39, 0.29) is 92.6 Å². The fourth-order valence-corrected chi connectivity index (χ4v) is 7.86. The topological polar surface area (TPSA) is 283 Å². The van der Waals surface area contributed by atoms with E-state index >= 15 is 0 Å². The summed E-state index contributed by atoms with van der Waals surface area (Å²) in [6, 6.07) is 12.3. The maximum absolute atomic E-state index is 14.7. The van der Waals surface area contributed by atoms with Crippen molar-refractivity contribution >= 4 is 29.5 Å². The highest BCUT2D eigenvalue weighted by molar-refractivity contribution is 6.00. The molecule has 1 aromatic heterocycles. The molecule has 4 aromatic rings. The van der Waals surface area contributed by atoms with Gasteiger partial charge in [0.2, 0.25) is 23.6 Å². The Hall–Kier alpha value is -7.08. The number of carbonyl (C=O) groups is 5. The lowest BCUT2D eigenvalue weighted by Gasteiger charge is -2.32. The molecule has 10 N–H and O–H groups in total. The molecule has 362 valence electrons. The predicted octanol–water partition coefficient (Wildman–Crippen LogP) is 2.83. The van der Waals surface area contributed by atoms with Crippen LogP contribution in [0.3, 0.4) is 0 Å². The second-order valence-corrected chi connectivity index (χ2v) is 16.3. The summed E-state index contributed by atoms with van der Waals surface area (Å²) in [4.78, 5) is 80.6. The van der Waals surface area contributed by atoms with Crippen LogP contribution in [0.2, 0.25) is 0 Å². The molecule has 0 aliphatic carbocycles. The number of rotatable bonds is 18. The molecule has 0 spiro atoms. The number of hydrogen-bond donors (Lipinski definition) is 7. The minimum Gasteiger partial charge on any atom is -0.492 e. The summed E-state index contributed by atoms with van der Waals surface area (Å²) in [5.41, 5.74) is 20.3. The third-order valence-electron chi connectivity index (χ3n) is 11.2. The van der Waals surface area contributed by atoms with Gasteiger partial charge in [0, 0.05) is 55.2 Å². The van der Waals surface area contributed by atoms with Gasteiger partial charge in [-0.25, -0.2) is 18.7 Å². The Morgan fingerprint density at radius 2 is 1.53 bits per heavy atom. The third kappa shape index (κ3) is 12.5. The molecule has 2 heterocycles. The van der Waals surface area contributed by atoms with Gasteiger partial charge >= 0.3 is 0 Å². The standard InChI is InChI=1S/C48H59F2N11O7/c1-6-16-48(49,50)33-11-8-31(9-12-33)42-56-27(2)40(28(3)57-42)45(64)59-36(15-17-51)47(66)61(5)41-32-10-14-39(68-23-20-54)35(26-32)34-24-30(7-13-38(34)67-22-19-53)25-37(44(63)55-21-18-52)60-43(62)29(4)58-46(41)65/h7-14,24,26,29,36-37,41H,6,15-17,19-23,25,51,53-54H2,1-5H3,(H,55,63)(H,58,65)(H,59,64)(H,60,62). The molecular formula is C48H59F2N11O7. The van der Waals surface area contributed by atoms with Crippen molar-refractivity contribution in [1.82, 2.24) is 36.1 Å². The van der Waals surface area contributed by atoms with E-state index in [9.17, 15) is 32.8 Å². The first-order valence-corrected chi connectivity index (χ1v) is 22.3. The van der Waals surface area contributed by atoms with E-state index < -0.39 is 59.6 Å². The van der Waals surface area contributed by atoms with Gasteiger partial charge in [0.15, 0.2) is 5.82 Å². The van der Waals surface area contributed by atoms with Crippen LogP contribution in [0.15, 0.2) is 60.7 Å². The molecule has 68 heavy (non-hydrogen) atoms. The number of ether oxygens (including phenoxy) is 2. The third-order valence-corrected chi connectivity index (χ3v) is 11.2. The molecule has 4 unspecified atom stereocenters. The first kappa shape index (κ1) is 51.9. The second-order valence-electron chi connectivity index (χ2n) is 16.3. The summed E-state index contributed by atoms with van der Waals surface area (Å²) >= 11 is 0. The van der Waals surface area contributed by atoms with Crippen molar-refractivity contribution in [3.63, 3.8) is 0 Å². The predicted molar refractivity (Wildman–Crippen MR) is 249 cm³/mol. The van der Waals surface area contributed by atoms with Crippen molar-refractivity contribution in [2.24, 2.45) is 17.2 Å². The number of nitrogens with zero attached hydrogens (tertiary/aromatic N) is 4. The summed E-state index contributed by atoms with van der Waals surface area (Å²) in [5.74, 6) is -5.66. The number of aromatic nitrogens is 2. The minimum atomic E-state index is -2.99. The number of likely N-dealkylation sites (N-methyl/N-ethyl adjacent to an activating group) is 1. The minimum absolute atomic E-state index is 0.0211. The summed E-state index contributed by atoms with van der Waals surface area (Å²) in [5, 5.41) is 19.8. The van der Waals surface area contributed by atoms with Crippen LogP contribution < -0.4 is 47.9 Å². The molecule has 5 rings (SSSR count). The lowest BCUT2D eigenvalue weighted by atomic mass is 9.93. The number of nitriles is 1. The molecule has 3 aromatic carbocycles. The van der Waals surface area contributed by atoms with Gasteiger partial charge in [0.25, 0.3) is 11.8 Å². The fourth-order valence-electron chi connectivity index (χ4n) is 7.86. The van der Waals surface area contributed by atoms with E-state index in [0.29, 0.717) is 40.2 Å². The molecule has 4 bridgehead atoms. The number of alkyl halides is 2. The molecule has 0 saturated heterocycles. The number of amides is 5. The average molecular weight is 940 g/mol. The van der Waals surface area contributed by atoms with Crippen molar-refractivity contribution < 1.29 is 42.2 Å². The van der Waals surface area contributed by atoms with Crippen molar-refractivity contribution in [1.29, 1.82) is 5.26 Å². The van der Waals surface area contributed by atoms with Crippen LogP contribution in [0.1, 0.15) is 77.6 Å². The zero-order valence-corrected chi connectivity index (χ0v) is 38.8. The summed E-state index contributed by atoms with van der Waals surface area (Å²) < 4.78 is 41.3. The number of carbonyl (C=O) groups excluding carboxylic acids is 5. The number of benzene rings is 3. The Bertz CT molecular complexity index is 2500. The summed E-state index contributed by atoms with van der Waals surface area (Å²) in [6.07, 6.45) is -0.0696. The quantitative estimate of drug-likeness (QED) is 0.0708. The molecule has 5 amide bonds. The zero-order valence-electron chi connectivity index (χ0n) is 38.8. The van der Waals surface area contributed by atoms with Crippen LogP contribution in [-0.4, -0.2) is 109 Å². The van der Waals surface area contributed by atoms with Gasteiger partial charge in [-0.05, 0) is 69.1 Å². The average Bonchev–Trinajstić information content (AvgIpc) is 3.31. The van der Waals surface area contributed by atoms with E-state index in [1.165, 1.54) is 38.2 Å². The lowest BCUT2D eigenvalue weighted by molar-refractivity contribution is -0.141. The molecule has 1 aliphatic heterocycles. The van der Waals surface area contributed by atoms with Crippen LogP contribution in [0, 0.1) is 25.2 Å². The molecular weight excluding hydrogens is 881 g/mol. The van der Waals surface area contributed by atoms with Gasteiger partial charge in [-0.2, -0.15) is 5.26 Å². The van der Waals surface area contributed by atoms with E-state index in [2.05, 4.69) is 31.2 Å². The highest BCUT2D eigenvalue weighted by atomic mass is 19.3. The Balaban J connectivity index is 1.55. The van der Waals surface area contributed by atoms with Crippen molar-refractivity contribution in [3.8, 4) is 40.1 Å². The summed E-state index contributed by atoms with van der Waals surface area (Å²) in [6.45, 7) is 6.47. The first-order chi connectivity index (χ1) is 32.5. The van der Waals surface area contributed by atoms with Gasteiger partial charge in [0.05, 0.1) is 23.0 Å². The number of hydrogen-bond acceptors (Lipinski definition) is 13. The van der Waals surface area contributed by atoms with Crippen molar-refractivity contribution in [2.75, 3.05) is 46.4 Å². The van der Waals surface area contributed by atoms with Gasteiger partial charge < -0.3 is 52.8 Å². The maximum atomic E-state index is 14.7. The number of halogens is 2. The molecule has 1 aliphatic rings. The Kier molecular flexibility index (Phi) is 18.0. The maximum Gasteiger partial charge on any atom is 0.273 e. The van der Waals surface area contributed by atoms with Crippen LogP contribution >= 0.6 is 0 Å². The molecule has 4 atom stereocenters. The van der Waals surface area contributed by atoms with E-state index in [4.69, 9.17) is 31.9 Å². The van der Waals surface area contributed by atoms with Gasteiger partial charge in [-0.3, -0.25) is 24.0 Å². The summed E-state index contributed by atoms with van der Waals surface area (Å²) in [7, 11) is 1.37. The second kappa shape index (κ2) is 23.6. The number of aryl methyl sites for hydroxylation is 2. The number of fused-ring (bicyclic) bond motifs is 5. The largest absolute Gasteiger partial charge is 0.492 e. The molecule has 0 saturated carbocycles. The van der Waals surface area contributed by atoms with Crippen LogP contribution in [-0.2, 0) is 31.5 Å². The van der Waals surface area contributed by atoms with Crippen LogP contribution in [0.4, 0.5) is 8.78 Å². The monoisotopic (exact) mass is 939 g/mol. The number of nitrogens with two attached hydrogens (primary N) is 3. The molecule has 0 fully saturated rings. The van der Waals surface area contributed by atoms with Crippen molar-refractivity contribution in [3.05, 3.63) is 94.3 Å². The van der Waals surface area contributed by atoms with Gasteiger partial charge in [-0.15, -0.1) is 0 Å². The Morgan fingerprint density at radius 3 is 2.12 bits per heavy atom. The normalized spacial score (nSPS) is 16.5. The van der Waals surface area contributed by atoms with Gasteiger partial charge in [-0.1, -0.05) is 49.7 Å². The molecule has 0 radical (unpaired) electrons. The Labute approximate surface area is 393 Å². The Morgan fingerprint density at radius 1 is 0.912 bits per heavy atom. The smallest absolute Gasteiger partial charge is 0.273 e. The first-order valence-electron chi connectivity index (χ1n) is 22.3. The van der Waals surface area contributed by atoms with Crippen LogP contribution in [0.5, 0.6) is 11.5 Å². The zero-order chi connectivity index (χ0) is 49.7.